The molecule has 0 saturated carbocycles. The minimum Gasteiger partial charge on any atom is -0.323 e. The van der Waals surface area contributed by atoms with Gasteiger partial charge < -0.3 is 5.73 Å². The molecule has 15 heavy (non-hydrogen) atoms. The number of hydrogen-bond donors (Lipinski definition) is 1. The van der Waals surface area contributed by atoms with Gasteiger partial charge in [0.1, 0.15) is 0 Å². The first-order chi connectivity index (χ1) is 7.18. The van der Waals surface area contributed by atoms with E-state index in [9.17, 15) is 0 Å². The van der Waals surface area contributed by atoms with E-state index in [1.165, 1.54) is 0 Å². The van der Waals surface area contributed by atoms with Crippen LogP contribution in [0.15, 0.2) is 30.5 Å². The Hall–Kier alpha value is -1.39. The summed E-state index contributed by atoms with van der Waals surface area (Å²) in [6, 6.07) is 7.30. The summed E-state index contributed by atoms with van der Waals surface area (Å²) in [5.74, 6) is 0. The Bertz CT molecular complexity index is 464. The number of aromatic nitrogens is 3. The molecule has 0 spiro atoms. The van der Waals surface area contributed by atoms with Crippen LogP contribution in [0.2, 0.25) is 5.02 Å². The van der Waals surface area contributed by atoms with Gasteiger partial charge in [0, 0.05) is 11.1 Å². The summed E-state index contributed by atoms with van der Waals surface area (Å²) < 4.78 is 1.69. The van der Waals surface area contributed by atoms with Crippen molar-refractivity contribution in [2.24, 2.45) is 5.73 Å². The van der Waals surface area contributed by atoms with E-state index in [1.807, 2.05) is 31.2 Å². The molecule has 5 heteroatoms. The predicted octanol–water partition coefficient (Wildman–Crippen LogP) is 1.94. The average Bonchev–Trinajstić information content (AvgIpc) is 2.65. The molecule has 0 fully saturated rings. The molecule has 0 aliphatic heterocycles. The maximum absolute atomic E-state index is 5.90. The Kier molecular flexibility index (Phi) is 2.70. The zero-order valence-electron chi connectivity index (χ0n) is 8.26. The van der Waals surface area contributed by atoms with E-state index in [1.54, 1.807) is 10.9 Å². The number of nitrogens with zero attached hydrogens (tertiary/aromatic N) is 3. The second-order valence-corrected chi connectivity index (χ2v) is 3.78. The molecule has 2 rings (SSSR count). The molecule has 1 unspecified atom stereocenters. The minimum atomic E-state index is -0.112. The molecule has 0 saturated heterocycles. The van der Waals surface area contributed by atoms with E-state index in [0.717, 1.165) is 11.4 Å². The van der Waals surface area contributed by atoms with Gasteiger partial charge in [0.15, 0.2) is 0 Å². The zero-order chi connectivity index (χ0) is 10.8. The first-order valence-electron chi connectivity index (χ1n) is 4.60. The summed E-state index contributed by atoms with van der Waals surface area (Å²) >= 11 is 5.90. The number of rotatable bonds is 2. The number of hydrogen-bond acceptors (Lipinski definition) is 3. The van der Waals surface area contributed by atoms with Gasteiger partial charge in [0.25, 0.3) is 0 Å². The molecule has 0 aliphatic rings. The van der Waals surface area contributed by atoms with Gasteiger partial charge in [-0.3, -0.25) is 0 Å². The fourth-order valence-corrected chi connectivity index (χ4v) is 1.55. The summed E-state index contributed by atoms with van der Waals surface area (Å²) in [6.45, 7) is 1.89. The normalized spacial score (nSPS) is 12.7. The molecule has 2 aromatic rings. The maximum Gasteiger partial charge on any atom is 0.0810 e. The molecule has 0 amide bonds. The SMILES string of the molecule is CC(N)c1cnnn1-c1cccc(Cl)c1. The molecule has 2 N–H and O–H groups in total. The highest BCUT2D eigenvalue weighted by Gasteiger charge is 2.09. The minimum absolute atomic E-state index is 0.112. The second-order valence-electron chi connectivity index (χ2n) is 3.34. The molecule has 78 valence electrons. The second kappa shape index (κ2) is 4.00. The highest BCUT2D eigenvalue weighted by atomic mass is 35.5. The molecule has 0 bridgehead atoms. The van der Waals surface area contributed by atoms with Gasteiger partial charge in [-0.15, -0.1) is 5.10 Å². The number of nitrogens with two attached hydrogens (primary N) is 1. The fourth-order valence-electron chi connectivity index (χ4n) is 1.36. The molecular weight excluding hydrogens is 212 g/mol. The third-order valence-electron chi connectivity index (χ3n) is 2.09. The van der Waals surface area contributed by atoms with Crippen LogP contribution in [0.3, 0.4) is 0 Å². The lowest BCUT2D eigenvalue weighted by atomic mass is 10.2. The maximum atomic E-state index is 5.90. The highest BCUT2D eigenvalue weighted by Crippen LogP contribution is 2.17. The van der Waals surface area contributed by atoms with Crippen LogP contribution in [0, 0.1) is 0 Å². The van der Waals surface area contributed by atoms with Crippen molar-refractivity contribution in [2.45, 2.75) is 13.0 Å². The summed E-state index contributed by atoms with van der Waals surface area (Å²) in [5.41, 5.74) is 7.53. The quantitative estimate of drug-likeness (QED) is 0.845. The Morgan fingerprint density at radius 3 is 2.93 bits per heavy atom. The highest BCUT2D eigenvalue weighted by molar-refractivity contribution is 6.30. The first-order valence-corrected chi connectivity index (χ1v) is 4.98. The van der Waals surface area contributed by atoms with Crippen LogP contribution in [0.4, 0.5) is 0 Å². The summed E-state index contributed by atoms with van der Waals surface area (Å²) in [4.78, 5) is 0. The molecule has 1 heterocycles. The van der Waals surface area contributed by atoms with Gasteiger partial charge >= 0.3 is 0 Å². The van der Waals surface area contributed by atoms with E-state index in [4.69, 9.17) is 17.3 Å². The van der Waals surface area contributed by atoms with Crippen LogP contribution in [0.1, 0.15) is 18.7 Å². The standard InChI is InChI=1S/C10H11ClN4/c1-7(12)10-6-13-14-15(10)9-4-2-3-8(11)5-9/h2-7H,12H2,1H3. The molecule has 1 atom stereocenters. The van der Waals surface area contributed by atoms with Crippen LogP contribution in [-0.4, -0.2) is 15.0 Å². The van der Waals surface area contributed by atoms with Gasteiger partial charge in [0.05, 0.1) is 17.6 Å². The molecule has 4 nitrogen and oxygen atoms in total. The Morgan fingerprint density at radius 1 is 1.47 bits per heavy atom. The lowest BCUT2D eigenvalue weighted by molar-refractivity contribution is 0.697. The lowest BCUT2D eigenvalue weighted by Crippen LogP contribution is -2.11. The monoisotopic (exact) mass is 222 g/mol. The van der Waals surface area contributed by atoms with Gasteiger partial charge in [-0.2, -0.15) is 0 Å². The van der Waals surface area contributed by atoms with Crippen molar-refractivity contribution in [1.29, 1.82) is 0 Å². The predicted molar refractivity (Wildman–Crippen MR) is 59.0 cm³/mol. The number of benzene rings is 1. The molecule has 0 aliphatic carbocycles. The van der Waals surface area contributed by atoms with Crippen molar-refractivity contribution in [3.63, 3.8) is 0 Å². The topological polar surface area (TPSA) is 56.7 Å². The summed E-state index contributed by atoms with van der Waals surface area (Å²) in [5, 5.41) is 8.48. The van der Waals surface area contributed by atoms with Crippen molar-refractivity contribution in [3.05, 3.63) is 41.2 Å². The third kappa shape index (κ3) is 2.00. The van der Waals surface area contributed by atoms with E-state index in [0.29, 0.717) is 5.02 Å². The van der Waals surface area contributed by atoms with E-state index in [2.05, 4.69) is 10.3 Å². The number of halogens is 1. The van der Waals surface area contributed by atoms with Crippen LogP contribution in [-0.2, 0) is 0 Å². The summed E-state index contributed by atoms with van der Waals surface area (Å²) in [6.07, 6.45) is 1.66. The van der Waals surface area contributed by atoms with Gasteiger partial charge in [0.2, 0.25) is 0 Å². The van der Waals surface area contributed by atoms with Crippen LogP contribution >= 0.6 is 11.6 Å². The lowest BCUT2D eigenvalue weighted by Gasteiger charge is -2.08. The largest absolute Gasteiger partial charge is 0.323 e. The molecule has 1 aromatic carbocycles. The van der Waals surface area contributed by atoms with Gasteiger partial charge in [-0.1, -0.05) is 22.9 Å². The van der Waals surface area contributed by atoms with Gasteiger partial charge in [-0.05, 0) is 25.1 Å². The molecular formula is C10H11ClN4. The first kappa shape index (κ1) is 10.1. The average molecular weight is 223 g/mol. The van der Waals surface area contributed by atoms with Crippen LogP contribution in [0.25, 0.3) is 5.69 Å². The van der Waals surface area contributed by atoms with Crippen molar-refractivity contribution in [2.75, 3.05) is 0 Å². The smallest absolute Gasteiger partial charge is 0.0810 e. The van der Waals surface area contributed by atoms with Crippen LogP contribution < -0.4 is 5.73 Å². The van der Waals surface area contributed by atoms with Crippen molar-refractivity contribution >= 4 is 11.6 Å². The summed E-state index contributed by atoms with van der Waals surface area (Å²) in [7, 11) is 0. The Balaban J connectivity index is 2.49. The van der Waals surface area contributed by atoms with Gasteiger partial charge in [-0.25, -0.2) is 4.68 Å². The van der Waals surface area contributed by atoms with Crippen molar-refractivity contribution in [1.82, 2.24) is 15.0 Å². The van der Waals surface area contributed by atoms with E-state index >= 15 is 0 Å². The van der Waals surface area contributed by atoms with Crippen molar-refractivity contribution < 1.29 is 0 Å². The Morgan fingerprint density at radius 2 is 2.27 bits per heavy atom. The van der Waals surface area contributed by atoms with E-state index < -0.39 is 0 Å². The third-order valence-corrected chi connectivity index (χ3v) is 2.33. The zero-order valence-corrected chi connectivity index (χ0v) is 9.02. The molecule has 0 radical (unpaired) electrons. The van der Waals surface area contributed by atoms with Crippen LogP contribution in [0.5, 0.6) is 0 Å². The fraction of sp³-hybridized carbons (Fsp3) is 0.200. The Labute approximate surface area is 92.7 Å². The molecule has 1 aromatic heterocycles. The van der Waals surface area contributed by atoms with E-state index in [-0.39, 0.29) is 6.04 Å². The van der Waals surface area contributed by atoms with Crippen molar-refractivity contribution in [3.8, 4) is 5.69 Å².